The van der Waals surface area contributed by atoms with E-state index >= 15 is 0 Å². The van der Waals surface area contributed by atoms with Gasteiger partial charge in [0, 0.05) is 122 Å². The van der Waals surface area contributed by atoms with Gasteiger partial charge in [-0.05, 0) is 239 Å². The molecule has 23 rings (SSSR count). The summed E-state index contributed by atoms with van der Waals surface area (Å²) in [5.74, 6) is 0. The lowest BCUT2D eigenvalue weighted by Gasteiger charge is -2.28. The van der Waals surface area contributed by atoms with E-state index in [1.54, 1.807) is 0 Å². The van der Waals surface area contributed by atoms with Crippen molar-refractivity contribution in [2.24, 2.45) is 0 Å². The third-order valence-corrected chi connectivity index (χ3v) is 23.4. The average molecular weight is 1570 g/mol. The van der Waals surface area contributed by atoms with Gasteiger partial charge in [0.1, 0.15) is 44.7 Å². The molecular weight excluding hydrogens is 1490 g/mol. The van der Waals surface area contributed by atoms with Crippen molar-refractivity contribution in [1.82, 2.24) is 0 Å². The number of hydrogen-bond donors (Lipinski definition) is 0. The second-order valence-corrected chi connectivity index (χ2v) is 30.7. The highest BCUT2D eigenvalue weighted by molar-refractivity contribution is 6.12. The van der Waals surface area contributed by atoms with E-state index in [0.29, 0.717) is 0 Å². The summed E-state index contributed by atoms with van der Waals surface area (Å²) in [6, 6.07) is 163. The predicted molar refractivity (Wildman–Crippen MR) is 508 cm³/mol. The van der Waals surface area contributed by atoms with Crippen LogP contribution in [-0.4, -0.2) is 0 Å². The van der Waals surface area contributed by atoms with Gasteiger partial charge in [-0.1, -0.05) is 267 Å². The van der Waals surface area contributed by atoms with E-state index < -0.39 is 0 Å². The third-order valence-electron chi connectivity index (χ3n) is 23.4. The number of rotatable bonds is 17. The number of hydrogen-bond acceptors (Lipinski definition) is 8. The summed E-state index contributed by atoms with van der Waals surface area (Å²) in [7, 11) is 0. The minimum Gasteiger partial charge on any atom is -0.456 e. The van der Waals surface area contributed by atoms with Crippen LogP contribution in [0.3, 0.4) is 0 Å². The minimum atomic E-state index is 0.891. The van der Waals surface area contributed by atoms with E-state index in [1.807, 2.05) is 48.5 Å². The number of benzene rings is 19. The molecule has 19 aromatic carbocycles. The highest BCUT2D eigenvalue weighted by Crippen LogP contribution is 2.46. The van der Waals surface area contributed by atoms with Gasteiger partial charge in [0.25, 0.3) is 0 Å². The topological polar surface area (TPSA) is 65.5 Å². The van der Waals surface area contributed by atoms with Crippen LogP contribution in [0.2, 0.25) is 0 Å². The molecule has 0 amide bonds. The molecule has 0 aliphatic carbocycles. The van der Waals surface area contributed by atoms with Crippen molar-refractivity contribution in [2.75, 3.05) is 19.6 Å². The summed E-state index contributed by atoms with van der Waals surface area (Å²) in [5.41, 5.74) is 31.2. The SMILES string of the molecule is c1ccc(N(c2ccccc2)c2ccc(-c3ccc(N(c4ccc(-c5ccc6c(c5)oc5ccccc56)cc4)c4ccc(-c5cccc6c5oc5ccccc56)cc4)cc3)cc2)cc1.c1ccc(N(c2ccccc2)c2ccc(N(c3ccc(-c4ccc5c(c4)oc4ccccc45)cc3)c3ccc(-c4cccc5c4oc4ccccc45)cc3)cc2)cc1. The first kappa shape index (κ1) is 72.1. The summed E-state index contributed by atoms with van der Waals surface area (Å²) in [4.78, 5) is 9.21. The van der Waals surface area contributed by atoms with E-state index in [2.05, 4.69) is 432 Å². The first-order chi connectivity index (χ1) is 60.5. The largest absolute Gasteiger partial charge is 0.456 e. The van der Waals surface area contributed by atoms with Crippen LogP contribution in [-0.2, 0) is 0 Å². The molecule has 0 N–H and O–H groups in total. The zero-order valence-corrected chi connectivity index (χ0v) is 66.3. The molecule has 576 valence electrons. The molecule has 0 saturated heterocycles. The van der Waals surface area contributed by atoms with Crippen LogP contribution in [0.25, 0.3) is 143 Å². The number of fused-ring (bicyclic) bond motifs is 12. The summed E-state index contributed by atoms with van der Waals surface area (Å²) in [6.45, 7) is 0. The first-order valence-corrected chi connectivity index (χ1v) is 41.2. The number of nitrogens with zero attached hydrogens (tertiary/aromatic N) is 4. The maximum Gasteiger partial charge on any atom is 0.143 e. The maximum atomic E-state index is 6.43. The number of furan rings is 4. The van der Waals surface area contributed by atoms with Crippen LogP contribution in [0.1, 0.15) is 0 Å². The van der Waals surface area contributed by atoms with Crippen molar-refractivity contribution < 1.29 is 17.7 Å². The van der Waals surface area contributed by atoms with Gasteiger partial charge in [0.15, 0.2) is 0 Å². The van der Waals surface area contributed by atoms with E-state index in [4.69, 9.17) is 17.7 Å². The summed E-state index contributed by atoms with van der Waals surface area (Å²) in [5, 5.41) is 9.03. The monoisotopic (exact) mass is 1560 g/mol. The van der Waals surface area contributed by atoms with Crippen molar-refractivity contribution in [3.05, 3.63) is 461 Å². The Hall–Kier alpha value is -16.4. The molecule has 8 heteroatoms. The lowest BCUT2D eigenvalue weighted by molar-refractivity contribution is 0.668. The molecule has 122 heavy (non-hydrogen) atoms. The molecule has 0 saturated carbocycles. The molecule has 0 bridgehead atoms. The molecule has 0 spiro atoms. The predicted octanol–water partition coefficient (Wildman–Crippen LogP) is 33.2. The Labute approximate surface area is 705 Å². The van der Waals surface area contributed by atoms with Gasteiger partial charge in [-0.15, -0.1) is 0 Å². The van der Waals surface area contributed by atoms with Gasteiger partial charge in [-0.3, -0.25) is 0 Å². The first-order valence-electron chi connectivity index (χ1n) is 41.2. The van der Waals surface area contributed by atoms with Crippen LogP contribution in [0, 0.1) is 0 Å². The second kappa shape index (κ2) is 31.2. The maximum absolute atomic E-state index is 6.43. The van der Waals surface area contributed by atoms with Crippen LogP contribution in [0.15, 0.2) is 479 Å². The molecule has 0 fully saturated rings. The molecule has 8 nitrogen and oxygen atoms in total. The Bertz CT molecular complexity index is 7620. The van der Waals surface area contributed by atoms with Crippen LogP contribution in [0.4, 0.5) is 68.2 Å². The molecule has 23 aromatic rings. The van der Waals surface area contributed by atoms with E-state index in [0.717, 1.165) is 212 Å². The average Bonchev–Trinajstić information content (AvgIpc) is 1.62. The summed E-state index contributed by atoms with van der Waals surface area (Å²) in [6.07, 6.45) is 0. The minimum absolute atomic E-state index is 0.891. The van der Waals surface area contributed by atoms with Gasteiger partial charge in [-0.25, -0.2) is 0 Å². The molecule has 0 radical (unpaired) electrons. The molecule has 0 aliphatic rings. The van der Waals surface area contributed by atoms with Crippen molar-refractivity contribution in [3.8, 4) is 55.6 Å². The zero-order chi connectivity index (χ0) is 80.8. The molecule has 0 atom stereocenters. The number of anilines is 12. The standard InChI is InChI=1S/C60H40N2O2.C54H36N2O2/c1-3-12-46(13-4-1)61(47-14-5-2-6-15-47)48-31-22-41(23-32-48)42-24-33-49(34-25-42)62(50-35-26-43(27-36-50)45-30-39-55-53-16-7-9-20-57(53)63-59(55)40-45)51-37-28-44(29-38-51)52-18-11-19-56-54-17-8-10-21-58(54)64-60(52)56;1-3-12-40(13-4-1)55(41-14-5-2-6-15-41)44-31-33-45(34-32-44)56(42-27-22-37(23-28-42)39-26-35-49-47-16-7-9-20-51(47)57-53(49)36-39)43-29-24-38(25-30-43)46-18-11-19-50-48-17-8-10-21-52(48)58-54(46)50/h1-40H;1-36H. The summed E-state index contributed by atoms with van der Waals surface area (Å²) < 4.78 is 25.3. The fourth-order valence-electron chi connectivity index (χ4n) is 17.4. The lowest BCUT2D eigenvalue weighted by Crippen LogP contribution is -2.12. The quantitative estimate of drug-likeness (QED) is 0.0894. The second-order valence-electron chi connectivity index (χ2n) is 30.7. The Balaban J connectivity index is 0.000000146. The van der Waals surface area contributed by atoms with Crippen LogP contribution in [0.5, 0.6) is 0 Å². The zero-order valence-electron chi connectivity index (χ0n) is 66.3. The molecule has 0 aliphatic heterocycles. The van der Waals surface area contributed by atoms with Crippen molar-refractivity contribution >= 4 is 156 Å². The molecular formula is C114H76N4O4. The molecule has 4 aromatic heterocycles. The summed E-state index contributed by atoms with van der Waals surface area (Å²) >= 11 is 0. The van der Waals surface area contributed by atoms with Gasteiger partial charge in [0.2, 0.25) is 0 Å². The van der Waals surface area contributed by atoms with Crippen molar-refractivity contribution in [1.29, 1.82) is 0 Å². The normalized spacial score (nSPS) is 11.4. The fourth-order valence-corrected chi connectivity index (χ4v) is 17.4. The number of para-hydroxylation sites is 10. The van der Waals surface area contributed by atoms with Crippen molar-refractivity contribution in [3.63, 3.8) is 0 Å². The Morgan fingerprint density at radius 3 is 0.607 bits per heavy atom. The highest BCUT2D eigenvalue weighted by atomic mass is 16.3. The van der Waals surface area contributed by atoms with E-state index in [1.165, 1.54) is 0 Å². The van der Waals surface area contributed by atoms with Crippen molar-refractivity contribution in [2.45, 2.75) is 0 Å². The van der Waals surface area contributed by atoms with E-state index in [9.17, 15) is 0 Å². The van der Waals surface area contributed by atoms with Gasteiger partial charge >= 0.3 is 0 Å². The van der Waals surface area contributed by atoms with Gasteiger partial charge < -0.3 is 37.3 Å². The van der Waals surface area contributed by atoms with E-state index in [-0.39, 0.29) is 0 Å². The highest BCUT2D eigenvalue weighted by Gasteiger charge is 2.23. The van der Waals surface area contributed by atoms with Crippen LogP contribution >= 0.6 is 0 Å². The fraction of sp³-hybridized carbons (Fsp3) is 0. The Morgan fingerprint density at radius 2 is 0.320 bits per heavy atom. The van der Waals surface area contributed by atoms with Gasteiger partial charge in [0.05, 0.1) is 0 Å². The lowest BCUT2D eigenvalue weighted by atomic mass is 10.0. The molecule has 4 heterocycles. The smallest absolute Gasteiger partial charge is 0.143 e. The Kier molecular flexibility index (Phi) is 18.4. The van der Waals surface area contributed by atoms with Crippen LogP contribution < -0.4 is 19.6 Å². The third kappa shape index (κ3) is 13.6. The van der Waals surface area contributed by atoms with Gasteiger partial charge in [-0.2, -0.15) is 0 Å². The molecule has 0 unspecified atom stereocenters. The Morgan fingerprint density at radius 1 is 0.123 bits per heavy atom.